The first-order valence-corrected chi connectivity index (χ1v) is 6.78. The molecule has 16 heavy (non-hydrogen) atoms. The number of thiophene rings is 1. The molecular weight excluding hydrogens is 220 g/mol. The summed E-state index contributed by atoms with van der Waals surface area (Å²) in [5.74, 6) is 1.00. The van der Waals surface area contributed by atoms with E-state index in [1.165, 1.54) is 18.4 Å². The molecule has 3 nitrogen and oxygen atoms in total. The fraction of sp³-hybridized carbons (Fsp3) is 0.583. The number of nitrogens with zero attached hydrogens (tertiary/aromatic N) is 1. The molecule has 2 aliphatic rings. The predicted molar refractivity (Wildman–Crippen MR) is 64.1 cm³/mol. The number of hydrogen-bond donors (Lipinski definition) is 1. The molecule has 1 aromatic rings. The number of carbonyl (C=O) groups is 1. The fourth-order valence-corrected chi connectivity index (χ4v) is 2.93. The van der Waals surface area contributed by atoms with Crippen LogP contribution in [0.3, 0.4) is 0 Å². The van der Waals surface area contributed by atoms with Crippen molar-refractivity contribution in [3.8, 4) is 0 Å². The molecule has 0 radical (unpaired) electrons. The number of nitrogens with one attached hydrogen (secondary N) is 1. The molecule has 0 aromatic carbocycles. The van der Waals surface area contributed by atoms with Gasteiger partial charge in [0.05, 0.1) is 6.04 Å². The van der Waals surface area contributed by atoms with Crippen LogP contribution in [0, 0.1) is 5.92 Å². The topological polar surface area (TPSA) is 32.3 Å². The van der Waals surface area contributed by atoms with E-state index in [1.807, 2.05) is 11.8 Å². The van der Waals surface area contributed by atoms with Crippen LogP contribution in [-0.2, 0) is 4.79 Å². The molecule has 1 saturated carbocycles. The molecule has 0 spiro atoms. The van der Waals surface area contributed by atoms with Gasteiger partial charge >= 0.3 is 0 Å². The minimum absolute atomic E-state index is 0.0383. The van der Waals surface area contributed by atoms with Crippen molar-refractivity contribution in [3.63, 3.8) is 0 Å². The lowest BCUT2D eigenvalue weighted by molar-refractivity contribution is -0.130. The van der Waals surface area contributed by atoms with Gasteiger partial charge in [-0.2, -0.15) is 11.3 Å². The maximum absolute atomic E-state index is 12.0. The van der Waals surface area contributed by atoms with Crippen LogP contribution in [-0.4, -0.2) is 23.4 Å². The van der Waals surface area contributed by atoms with E-state index in [0.29, 0.717) is 0 Å². The zero-order chi connectivity index (χ0) is 11.1. The molecule has 2 fully saturated rings. The van der Waals surface area contributed by atoms with Gasteiger partial charge in [0.2, 0.25) is 5.91 Å². The highest BCUT2D eigenvalue weighted by molar-refractivity contribution is 7.07. The Morgan fingerprint density at radius 3 is 3.00 bits per heavy atom. The third-order valence-electron chi connectivity index (χ3n) is 3.38. The first-order valence-electron chi connectivity index (χ1n) is 5.84. The zero-order valence-electron chi connectivity index (χ0n) is 9.35. The van der Waals surface area contributed by atoms with Crippen LogP contribution >= 0.6 is 11.3 Å². The second-order valence-electron chi connectivity index (χ2n) is 4.78. The molecule has 2 atom stereocenters. The molecule has 3 rings (SSSR count). The van der Waals surface area contributed by atoms with Gasteiger partial charge in [-0.25, -0.2) is 0 Å². The monoisotopic (exact) mass is 236 g/mol. The summed E-state index contributed by atoms with van der Waals surface area (Å²) < 4.78 is 0. The summed E-state index contributed by atoms with van der Waals surface area (Å²) >= 11 is 1.69. The smallest absolute Gasteiger partial charge is 0.241 e. The molecule has 2 heterocycles. The summed E-state index contributed by atoms with van der Waals surface area (Å²) in [5, 5.41) is 7.57. The average molecular weight is 236 g/mol. The van der Waals surface area contributed by atoms with E-state index in [1.54, 1.807) is 11.3 Å². The average Bonchev–Trinajstić information content (AvgIpc) is 2.84. The Kier molecular flexibility index (Phi) is 2.48. The van der Waals surface area contributed by atoms with Gasteiger partial charge in [-0.15, -0.1) is 0 Å². The van der Waals surface area contributed by atoms with Gasteiger partial charge in [-0.1, -0.05) is 0 Å². The maximum Gasteiger partial charge on any atom is 0.241 e. The van der Waals surface area contributed by atoms with Crippen molar-refractivity contribution in [2.45, 2.75) is 32.0 Å². The lowest BCUT2D eigenvalue weighted by atomic mass is 10.2. The van der Waals surface area contributed by atoms with E-state index in [9.17, 15) is 4.79 Å². The van der Waals surface area contributed by atoms with Crippen LogP contribution in [0.2, 0.25) is 0 Å². The van der Waals surface area contributed by atoms with Crippen LogP contribution in [0.25, 0.3) is 0 Å². The van der Waals surface area contributed by atoms with Gasteiger partial charge in [0.25, 0.3) is 0 Å². The minimum Gasteiger partial charge on any atom is -0.321 e. The first kappa shape index (κ1) is 10.3. The van der Waals surface area contributed by atoms with E-state index in [-0.39, 0.29) is 18.1 Å². The Bertz CT molecular complexity index is 386. The maximum atomic E-state index is 12.0. The van der Waals surface area contributed by atoms with Gasteiger partial charge < -0.3 is 4.90 Å². The second kappa shape index (κ2) is 3.86. The van der Waals surface area contributed by atoms with Gasteiger partial charge in [-0.05, 0) is 48.1 Å². The summed E-state index contributed by atoms with van der Waals surface area (Å²) in [5.41, 5.74) is 1.23. The summed E-state index contributed by atoms with van der Waals surface area (Å²) in [6.45, 7) is 2.88. The second-order valence-corrected chi connectivity index (χ2v) is 5.56. The molecule has 0 bridgehead atoms. The summed E-state index contributed by atoms with van der Waals surface area (Å²) in [7, 11) is 0. The lowest BCUT2D eigenvalue weighted by Gasteiger charge is -2.23. The Balaban J connectivity index is 1.82. The van der Waals surface area contributed by atoms with Crippen LogP contribution in [0.5, 0.6) is 0 Å². The van der Waals surface area contributed by atoms with E-state index in [2.05, 4.69) is 22.1 Å². The van der Waals surface area contributed by atoms with Crippen molar-refractivity contribution in [1.29, 1.82) is 0 Å². The number of amides is 1. The molecule has 1 amide bonds. The Morgan fingerprint density at radius 1 is 1.56 bits per heavy atom. The van der Waals surface area contributed by atoms with Crippen molar-refractivity contribution in [1.82, 2.24) is 10.2 Å². The van der Waals surface area contributed by atoms with Crippen molar-refractivity contribution in [2.24, 2.45) is 5.92 Å². The predicted octanol–water partition coefficient (Wildman–Crippen LogP) is 1.98. The Morgan fingerprint density at radius 2 is 2.38 bits per heavy atom. The standard InChI is InChI=1S/C12H16N2OS/c1-8-12(15)14(6-9-2-3-9)11(13-8)10-4-5-16-7-10/h4-5,7-9,11,13H,2-3,6H2,1H3. The highest BCUT2D eigenvalue weighted by atomic mass is 32.1. The highest BCUT2D eigenvalue weighted by Gasteiger charge is 2.39. The van der Waals surface area contributed by atoms with Crippen molar-refractivity contribution in [2.75, 3.05) is 6.54 Å². The van der Waals surface area contributed by atoms with Gasteiger partial charge in [0, 0.05) is 6.54 Å². The van der Waals surface area contributed by atoms with E-state index in [4.69, 9.17) is 0 Å². The lowest BCUT2D eigenvalue weighted by Crippen LogP contribution is -2.32. The molecule has 1 saturated heterocycles. The summed E-state index contributed by atoms with van der Waals surface area (Å²) in [6.07, 6.45) is 2.68. The first-order chi connectivity index (χ1) is 7.75. The minimum atomic E-state index is -0.0383. The van der Waals surface area contributed by atoms with Crippen LogP contribution in [0.4, 0.5) is 0 Å². The molecule has 86 valence electrons. The SMILES string of the molecule is CC1NC(c2ccsc2)N(CC2CC2)C1=O. The van der Waals surface area contributed by atoms with Gasteiger partial charge in [0.1, 0.15) is 6.17 Å². The van der Waals surface area contributed by atoms with Crippen LogP contribution in [0.15, 0.2) is 16.8 Å². The Labute approximate surface area is 99.5 Å². The Hall–Kier alpha value is -0.870. The third kappa shape index (κ3) is 1.76. The molecule has 4 heteroatoms. The summed E-state index contributed by atoms with van der Waals surface area (Å²) in [4.78, 5) is 14.1. The van der Waals surface area contributed by atoms with E-state index >= 15 is 0 Å². The molecule has 1 aliphatic carbocycles. The quantitative estimate of drug-likeness (QED) is 0.870. The molecule has 1 aromatic heterocycles. The fourth-order valence-electron chi connectivity index (χ4n) is 2.25. The van der Waals surface area contributed by atoms with Crippen LogP contribution < -0.4 is 5.32 Å². The zero-order valence-corrected chi connectivity index (χ0v) is 10.2. The van der Waals surface area contributed by atoms with E-state index < -0.39 is 0 Å². The number of hydrogen-bond acceptors (Lipinski definition) is 3. The number of rotatable bonds is 3. The molecular formula is C12H16N2OS. The van der Waals surface area contributed by atoms with E-state index in [0.717, 1.165) is 12.5 Å². The van der Waals surface area contributed by atoms with Gasteiger partial charge in [0.15, 0.2) is 0 Å². The van der Waals surface area contributed by atoms with Crippen molar-refractivity contribution < 1.29 is 4.79 Å². The van der Waals surface area contributed by atoms with Crippen molar-refractivity contribution >= 4 is 17.2 Å². The largest absolute Gasteiger partial charge is 0.321 e. The van der Waals surface area contributed by atoms with Crippen LogP contribution in [0.1, 0.15) is 31.5 Å². The van der Waals surface area contributed by atoms with Crippen molar-refractivity contribution in [3.05, 3.63) is 22.4 Å². The third-order valence-corrected chi connectivity index (χ3v) is 4.09. The summed E-state index contributed by atoms with van der Waals surface area (Å²) in [6, 6.07) is 2.07. The molecule has 2 unspecified atom stereocenters. The molecule has 1 aliphatic heterocycles. The number of carbonyl (C=O) groups excluding carboxylic acids is 1. The highest BCUT2D eigenvalue weighted by Crippen LogP contribution is 2.35. The van der Waals surface area contributed by atoms with Gasteiger partial charge in [-0.3, -0.25) is 10.1 Å². The normalized spacial score (nSPS) is 30.1. The molecule has 1 N–H and O–H groups in total.